The Labute approximate surface area is 153 Å². The summed E-state index contributed by atoms with van der Waals surface area (Å²) in [6.07, 6.45) is 2.65. The van der Waals surface area contributed by atoms with Crippen LogP contribution in [0.15, 0.2) is 6.33 Å². The second kappa shape index (κ2) is 8.58. The second-order valence-electron chi connectivity index (χ2n) is 6.81. The molecular formula is C18H28N4O2S. The Kier molecular flexibility index (Phi) is 6.72. The number of esters is 1. The molecular weight excluding hydrogens is 336 g/mol. The first-order valence-corrected chi connectivity index (χ1v) is 9.48. The van der Waals surface area contributed by atoms with Gasteiger partial charge in [0.1, 0.15) is 21.9 Å². The summed E-state index contributed by atoms with van der Waals surface area (Å²) in [5, 5.41) is 4.38. The molecule has 2 aromatic rings. The van der Waals surface area contributed by atoms with Gasteiger partial charge in [0.2, 0.25) is 0 Å². The molecule has 6 nitrogen and oxygen atoms in total. The molecule has 0 aliphatic carbocycles. The Morgan fingerprint density at radius 1 is 1.36 bits per heavy atom. The third-order valence-corrected chi connectivity index (χ3v) is 5.35. The van der Waals surface area contributed by atoms with Gasteiger partial charge in [-0.25, -0.2) is 14.8 Å². The lowest BCUT2D eigenvalue weighted by atomic mass is 10.0. The number of hydrogen-bond acceptors (Lipinski definition) is 7. The highest BCUT2D eigenvalue weighted by Crippen LogP contribution is 2.33. The van der Waals surface area contributed by atoms with Gasteiger partial charge in [-0.1, -0.05) is 13.8 Å². The molecule has 1 N–H and O–H groups in total. The van der Waals surface area contributed by atoms with Gasteiger partial charge in [-0.05, 0) is 45.8 Å². The first kappa shape index (κ1) is 19.6. The first-order valence-electron chi connectivity index (χ1n) is 8.66. The predicted molar refractivity (Wildman–Crippen MR) is 104 cm³/mol. The standard InChI is InChI=1S/C18H28N4O2S/c1-7-24-18(23)15-12(4)14-16(20-10-21-17(14)25-15)19-9-13(22(5)6)8-11(2)3/h10-11,13H,7-9H2,1-6H3,(H,19,20,21). The molecule has 25 heavy (non-hydrogen) atoms. The predicted octanol–water partition coefficient (Wildman–Crippen LogP) is 3.56. The zero-order valence-electron chi connectivity index (χ0n) is 15.9. The van der Waals surface area contributed by atoms with Crippen LogP contribution in [-0.2, 0) is 4.74 Å². The Morgan fingerprint density at radius 2 is 2.08 bits per heavy atom. The molecule has 0 spiro atoms. The van der Waals surface area contributed by atoms with Crippen LogP contribution >= 0.6 is 11.3 Å². The van der Waals surface area contributed by atoms with Gasteiger partial charge in [-0.15, -0.1) is 11.3 Å². The van der Waals surface area contributed by atoms with Crippen molar-refractivity contribution in [2.45, 2.75) is 40.2 Å². The maximum Gasteiger partial charge on any atom is 0.348 e. The first-order chi connectivity index (χ1) is 11.8. The van der Waals surface area contributed by atoms with Crippen LogP contribution in [0.3, 0.4) is 0 Å². The van der Waals surface area contributed by atoms with Gasteiger partial charge in [0.05, 0.1) is 12.0 Å². The second-order valence-corrected chi connectivity index (χ2v) is 7.81. The molecule has 0 radical (unpaired) electrons. The lowest BCUT2D eigenvalue weighted by molar-refractivity contribution is 0.0531. The molecule has 7 heteroatoms. The minimum atomic E-state index is -0.292. The number of aromatic nitrogens is 2. The van der Waals surface area contributed by atoms with Gasteiger partial charge in [0.25, 0.3) is 0 Å². The van der Waals surface area contributed by atoms with Crippen LogP contribution in [-0.4, -0.2) is 54.1 Å². The van der Waals surface area contributed by atoms with Gasteiger partial charge in [0, 0.05) is 12.6 Å². The monoisotopic (exact) mass is 364 g/mol. The van der Waals surface area contributed by atoms with E-state index in [4.69, 9.17) is 4.74 Å². The number of thiophene rings is 1. The Balaban J connectivity index is 2.28. The van der Waals surface area contributed by atoms with Gasteiger partial charge in [-0.3, -0.25) is 0 Å². The van der Waals surface area contributed by atoms with Crippen molar-refractivity contribution in [3.63, 3.8) is 0 Å². The Morgan fingerprint density at radius 3 is 2.68 bits per heavy atom. The third kappa shape index (κ3) is 4.67. The molecule has 1 unspecified atom stereocenters. The fourth-order valence-electron chi connectivity index (χ4n) is 2.83. The summed E-state index contributed by atoms with van der Waals surface area (Å²) in [7, 11) is 4.19. The van der Waals surface area contributed by atoms with Crippen LogP contribution in [0.4, 0.5) is 5.82 Å². The van der Waals surface area contributed by atoms with E-state index in [9.17, 15) is 4.79 Å². The number of likely N-dealkylation sites (N-methyl/N-ethyl adjacent to an activating group) is 1. The van der Waals surface area contributed by atoms with Crippen molar-refractivity contribution in [2.24, 2.45) is 5.92 Å². The molecule has 2 heterocycles. The smallest absolute Gasteiger partial charge is 0.348 e. The number of carbonyl (C=O) groups excluding carboxylic acids is 1. The summed E-state index contributed by atoms with van der Waals surface area (Å²) in [6.45, 7) is 9.35. The number of rotatable bonds is 8. The molecule has 0 amide bonds. The number of nitrogens with one attached hydrogen (secondary N) is 1. The number of nitrogens with zero attached hydrogens (tertiary/aromatic N) is 3. The molecule has 0 fully saturated rings. The Hall–Kier alpha value is -1.73. The van der Waals surface area contributed by atoms with Gasteiger partial charge in [-0.2, -0.15) is 0 Å². The molecule has 0 saturated carbocycles. The molecule has 2 rings (SSSR count). The minimum absolute atomic E-state index is 0.292. The number of aryl methyl sites for hydroxylation is 1. The van der Waals surface area contributed by atoms with Crippen LogP contribution < -0.4 is 5.32 Å². The zero-order valence-corrected chi connectivity index (χ0v) is 16.7. The SMILES string of the molecule is CCOC(=O)c1sc2ncnc(NCC(CC(C)C)N(C)C)c2c1C. The lowest BCUT2D eigenvalue weighted by Gasteiger charge is -2.26. The van der Waals surface area contributed by atoms with E-state index in [1.54, 1.807) is 6.33 Å². The molecule has 1 atom stereocenters. The van der Waals surface area contributed by atoms with Crippen molar-refractivity contribution in [3.8, 4) is 0 Å². The number of anilines is 1. The van der Waals surface area contributed by atoms with E-state index in [-0.39, 0.29) is 5.97 Å². The van der Waals surface area contributed by atoms with Gasteiger partial charge >= 0.3 is 5.97 Å². The quantitative estimate of drug-likeness (QED) is 0.722. The number of hydrogen-bond donors (Lipinski definition) is 1. The highest BCUT2D eigenvalue weighted by Gasteiger charge is 2.21. The maximum atomic E-state index is 12.1. The third-order valence-electron chi connectivity index (χ3n) is 4.17. The van der Waals surface area contributed by atoms with E-state index >= 15 is 0 Å². The van der Waals surface area contributed by atoms with Crippen LogP contribution in [0.25, 0.3) is 10.2 Å². The summed E-state index contributed by atoms with van der Waals surface area (Å²) in [5.74, 6) is 1.11. The molecule has 0 bridgehead atoms. The average Bonchev–Trinajstić information content (AvgIpc) is 2.89. The topological polar surface area (TPSA) is 67.3 Å². The average molecular weight is 365 g/mol. The largest absolute Gasteiger partial charge is 0.462 e. The van der Waals surface area contributed by atoms with Crippen LogP contribution in [0, 0.1) is 12.8 Å². The summed E-state index contributed by atoms with van der Waals surface area (Å²) in [4.78, 5) is 24.5. The van der Waals surface area contributed by atoms with E-state index < -0.39 is 0 Å². The van der Waals surface area contributed by atoms with Gasteiger partial charge < -0.3 is 15.0 Å². The van der Waals surface area contributed by atoms with Crippen LogP contribution in [0.5, 0.6) is 0 Å². The van der Waals surface area contributed by atoms with E-state index in [1.165, 1.54) is 11.3 Å². The van der Waals surface area contributed by atoms with E-state index in [1.807, 2.05) is 13.8 Å². The van der Waals surface area contributed by atoms with E-state index in [0.29, 0.717) is 23.4 Å². The lowest BCUT2D eigenvalue weighted by Crippen LogP contribution is -2.35. The van der Waals surface area contributed by atoms with Crippen molar-refractivity contribution in [3.05, 3.63) is 16.8 Å². The van der Waals surface area contributed by atoms with Crippen LogP contribution in [0.2, 0.25) is 0 Å². The normalized spacial score (nSPS) is 12.8. The van der Waals surface area contributed by atoms with E-state index in [2.05, 4.69) is 48.1 Å². The summed E-state index contributed by atoms with van der Waals surface area (Å²) < 4.78 is 5.15. The van der Waals surface area contributed by atoms with Crippen molar-refractivity contribution in [1.29, 1.82) is 0 Å². The number of ether oxygens (including phenoxy) is 1. The van der Waals surface area contributed by atoms with Crippen LogP contribution in [0.1, 0.15) is 42.4 Å². The van der Waals surface area contributed by atoms with Crippen molar-refractivity contribution in [1.82, 2.24) is 14.9 Å². The van der Waals surface area contributed by atoms with Crippen molar-refractivity contribution < 1.29 is 9.53 Å². The minimum Gasteiger partial charge on any atom is -0.462 e. The fourth-order valence-corrected chi connectivity index (χ4v) is 3.87. The molecule has 0 saturated heterocycles. The van der Waals surface area contributed by atoms with Gasteiger partial charge in [0.15, 0.2) is 0 Å². The fraction of sp³-hybridized carbons (Fsp3) is 0.611. The number of fused-ring (bicyclic) bond motifs is 1. The Bertz CT molecular complexity index is 727. The maximum absolute atomic E-state index is 12.1. The molecule has 2 aromatic heterocycles. The summed E-state index contributed by atoms with van der Waals surface area (Å²) >= 11 is 1.36. The highest BCUT2D eigenvalue weighted by molar-refractivity contribution is 7.20. The zero-order chi connectivity index (χ0) is 18.6. The van der Waals surface area contributed by atoms with Crippen molar-refractivity contribution >= 4 is 33.3 Å². The van der Waals surface area contributed by atoms with E-state index in [0.717, 1.165) is 34.6 Å². The number of carbonyl (C=O) groups is 1. The molecule has 0 aliphatic heterocycles. The molecule has 0 aromatic carbocycles. The highest BCUT2D eigenvalue weighted by atomic mass is 32.1. The molecule has 138 valence electrons. The summed E-state index contributed by atoms with van der Waals surface area (Å²) in [5.41, 5.74) is 0.881. The van der Waals surface area contributed by atoms with Crippen molar-refractivity contribution in [2.75, 3.05) is 32.6 Å². The molecule has 0 aliphatic rings. The summed E-state index contributed by atoms with van der Waals surface area (Å²) in [6, 6.07) is 0.411.